The zero-order valence-electron chi connectivity index (χ0n) is 13.8. The van der Waals surface area contributed by atoms with Gasteiger partial charge in [0, 0.05) is 26.1 Å². The van der Waals surface area contributed by atoms with E-state index >= 15 is 0 Å². The first kappa shape index (κ1) is 17.3. The second-order valence-corrected chi connectivity index (χ2v) is 6.28. The number of hydrogen-bond acceptors (Lipinski definition) is 4. The van der Waals surface area contributed by atoms with E-state index in [0.29, 0.717) is 32.0 Å². The van der Waals surface area contributed by atoms with Crippen molar-refractivity contribution in [2.75, 3.05) is 33.7 Å². The number of amides is 3. The normalized spacial score (nSPS) is 17.3. The maximum atomic E-state index is 12.3. The minimum atomic E-state index is -0.264. The molecule has 0 radical (unpaired) electrons. The molecule has 0 aliphatic carbocycles. The fraction of sp³-hybridized carbons (Fsp3) is 0.625. The molecule has 1 aliphatic rings. The lowest BCUT2D eigenvalue weighted by atomic mass is 9.93. The van der Waals surface area contributed by atoms with Gasteiger partial charge in [0.2, 0.25) is 5.91 Å². The number of likely N-dealkylation sites (N-methyl/N-ethyl adjacent to an activating group) is 1. The van der Waals surface area contributed by atoms with Crippen LogP contribution in [0, 0.1) is 5.92 Å². The lowest BCUT2D eigenvalue weighted by Gasteiger charge is -2.32. The van der Waals surface area contributed by atoms with Crippen molar-refractivity contribution >= 4 is 11.9 Å². The van der Waals surface area contributed by atoms with E-state index in [1.807, 2.05) is 31.1 Å². The Bertz CT molecular complexity index is 507. The number of likely N-dealkylation sites (tertiary alicyclic amines) is 1. The summed E-state index contributed by atoms with van der Waals surface area (Å²) in [6.07, 6.45) is 3.70. The van der Waals surface area contributed by atoms with Crippen molar-refractivity contribution in [3.63, 3.8) is 0 Å². The number of rotatable bonds is 6. The Labute approximate surface area is 136 Å². The van der Waals surface area contributed by atoms with Gasteiger partial charge in [0.25, 0.3) is 0 Å². The highest BCUT2D eigenvalue weighted by molar-refractivity contribution is 5.75. The molecular weight excluding hydrogens is 296 g/mol. The van der Waals surface area contributed by atoms with Gasteiger partial charge in [0.1, 0.15) is 5.76 Å². The van der Waals surface area contributed by atoms with Crippen molar-refractivity contribution in [3.8, 4) is 0 Å². The number of nitrogens with two attached hydrogens (primary N) is 1. The standard InChI is InChI=1S/C16H26N4O3/c1-19(2)13(14-4-3-9-23-14)11-18-16(22)20-7-5-12(6-8-20)10-15(17)21/h3-4,9,12-13H,5-8,10-11H2,1-2H3,(H2,17,21)(H,18,22). The number of carbonyl (C=O) groups is 2. The van der Waals surface area contributed by atoms with Gasteiger partial charge in [0.05, 0.1) is 12.3 Å². The SMILES string of the molecule is CN(C)C(CNC(=O)N1CCC(CC(N)=O)CC1)c1ccco1. The van der Waals surface area contributed by atoms with E-state index in [0.717, 1.165) is 18.6 Å². The highest BCUT2D eigenvalue weighted by atomic mass is 16.3. The Morgan fingerprint density at radius 1 is 1.43 bits per heavy atom. The average Bonchev–Trinajstić information content (AvgIpc) is 3.01. The van der Waals surface area contributed by atoms with Crippen LogP contribution < -0.4 is 11.1 Å². The Morgan fingerprint density at radius 3 is 2.65 bits per heavy atom. The second-order valence-electron chi connectivity index (χ2n) is 6.28. The lowest BCUT2D eigenvalue weighted by molar-refractivity contribution is -0.119. The molecule has 128 valence electrons. The first-order valence-corrected chi connectivity index (χ1v) is 7.98. The van der Waals surface area contributed by atoms with Crippen LogP contribution >= 0.6 is 0 Å². The summed E-state index contributed by atoms with van der Waals surface area (Å²) in [5.74, 6) is 0.866. The monoisotopic (exact) mass is 322 g/mol. The molecule has 0 aromatic carbocycles. The summed E-state index contributed by atoms with van der Waals surface area (Å²) in [6.45, 7) is 1.81. The smallest absolute Gasteiger partial charge is 0.317 e. The van der Waals surface area contributed by atoms with Crippen LogP contribution in [-0.4, -0.2) is 55.5 Å². The van der Waals surface area contributed by atoms with Crippen LogP contribution in [0.25, 0.3) is 0 Å². The van der Waals surface area contributed by atoms with Gasteiger partial charge in [-0.3, -0.25) is 9.69 Å². The van der Waals surface area contributed by atoms with E-state index in [2.05, 4.69) is 5.32 Å². The molecule has 2 rings (SSSR count). The van der Waals surface area contributed by atoms with Crippen LogP contribution in [0.1, 0.15) is 31.1 Å². The molecule has 0 spiro atoms. The first-order valence-electron chi connectivity index (χ1n) is 7.98. The van der Waals surface area contributed by atoms with Crippen LogP contribution in [-0.2, 0) is 4.79 Å². The largest absolute Gasteiger partial charge is 0.468 e. The van der Waals surface area contributed by atoms with Gasteiger partial charge in [0.15, 0.2) is 0 Å². The van der Waals surface area contributed by atoms with E-state index in [-0.39, 0.29) is 18.0 Å². The van der Waals surface area contributed by atoms with Crippen LogP contribution in [0.3, 0.4) is 0 Å². The molecule has 1 unspecified atom stereocenters. The Hall–Kier alpha value is -2.02. The number of carbonyl (C=O) groups excluding carboxylic acids is 2. The van der Waals surface area contributed by atoms with Crippen LogP contribution in [0.2, 0.25) is 0 Å². The van der Waals surface area contributed by atoms with E-state index in [1.54, 1.807) is 11.2 Å². The molecule has 2 heterocycles. The fourth-order valence-electron chi connectivity index (χ4n) is 2.94. The summed E-state index contributed by atoms with van der Waals surface area (Å²) < 4.78 is 5.44. The van der Waals surface area contributed by atoms with Crippen molar-refractivity contribution < 1.29 is 14.0 Å². The predicted molar refractivity (Wildman–Crippen MR) is 86.6 cm³/mol. The van der Waals surface area contributed by atoms with Gasteiger partial charge in [-0.05, 0) is 45.0 Å². The van der Waals surface area contributed by atoms with Crippen molar-refractivity contribution in [2.24, 2.45) is 11.7 Å². The first-order chi connectivity index (χ1) is 11.0. The van der Waals surface area contributed by atoms with Crippen molar-refractivity contribution in [1.29, 1.82) is 0 Å². The molecule has 1 saturated heterocycles. The maximum absolute atomic E-state index is 12.3. The Morgan fingerprint density at radius 2 is 2.13 bits per heavy atom. The third-order valence-corrected chi connectivity index (χ3v) is 4.33. The molecule has 3 N–H and O–H groups in total. The summed E-state index contributed by atoms with van der Waals surface area (Å²) in [5.41, 5.74) is 5.23. The fourth-order valence-corrected chi connectivity index (χ4v) is 2.94. The maximum Gasteiger partial charge on any atom is 0.317 e. The minimum Gasteiger partial charge on any atom is -0.468 e. The summed E-state index contributed by atoms with van der Waals surface area (Å²) in [5, 5.41) is 2.97. The number of nitrogens with zero attached hydrogens (tertiary/aromatic N) is 2. The number of hydrogen-bond donors (Lipinski definition) is 2. The minimum absolute atomic E-state index is 0.00125. The summed E-state index contributed by atoms with van der Waals surface area (Å²) >= 11 is 0. The molecular formula is C16H26N4O3. The highest BCUT2D eigenvalue weighted by Gasteiger charge is 2.25. The molecule has 1 fully saturated rings. The topological polar surface area (TPSA) is 91.8 Å². The molecule has 1 aliphatic heterocycles. The summed E-state index contributed by atoms with van der Waals surface area (Å²) in [4.78, 5) is 27.1. The van der Waals surface area contributed by atoms with Crippen molar-refractivity contribution in [2.45, 2.75) is 25.3 Å². The third kappa shape index (κ3) is 4.99. The Kier molecular flexibility index (Phi) is 6.04. The lowest BCUT2D eigenvalue weighted by Crippen LogP contribution is -2.46. The van der Waals surface area contributed by atoms with Gasteiger partial charge in [-0.15, -0.1) is 0 Å². The number of piperidine rings is 1. The number of nitrogens with one attached hydrogen (secondary N) is 1. The van der Waals surface area contributed by atoms with Gasteiger partial charge >= 0.3 is 6.03 Å². The second kappa shape index (κ2) is 8.01. The van der Waals surface area contributed by atoms with Crippen LogP contribution in [0.4, 0.5) is 4.79 Å². The molecule has 1 aromatic heterocycles. The molecule has 7 heteroatoms. The van der Waals surface area contributed by atoms with Crippen molar-refractivity contribution in [1.82, 2.24) is 15.1 Å². The third-order valence-electron chi connectivity index (χ3n) is 4.33. The molecule has 0 saturated carbocycles. The average molecular weight is 322 g/mol. The van der Waals surface area contributed by atoms with Gasteiger partial charge in [-0.25, -0.2) is 4.79 Å². The molecule has 23 heavy (non-hydrogen) atoms. The van der Waals surface area contributed by atoms with Crippen LogP contribution in [0.15, 0.2) is 22.8 Å². The number of furan rings is 1. The van der Waals surface area contributed by atoms with E-state index in [4.69, 9.17) is 10.2 Å². The number of primary amides is 1. The zero-order valence-corrected chi connectivity index (χ0v) is 13.8. The van der Waals surface area contributed by atoms with E-state index in [9.17, 15) is 9.59 Å². The Balaban J connectivity index is 1.79. The predicted octanol–water partition coefficient (Wildman–Crippen LogP) is 1.18. The zero-order chi connectivity index (χ0) is 16.8. The molecule has 1 atom stereocenters. The summed E-state index contributed by atoms with van der Waals surface area (Å²) in [6, 6.07) is 3.69. The molecule has 0 bridgehead atoms. The van der Waals surface area contributed by atoms with Crippen molar-refractivity contribution in [3.05, 3.63) is 24.2 Å². The van der Waals surface area contributed by atoms with Gasteiger partial charge in [-0.1, -0.05) is 0 Å². The van der Waals surface area contributed by atoms with E-state index < -0.39 is 0 Å². The number of urea groups is 1. The van der Waals surface area contributed by atoms with Gasteiger partial charge < -0.3 is 20.4 Å². The molecule has 3 amide bonds. The highest BCUT2D eigenvalue weighted by Crippen LogP contribution is 2.21. The van der Waals surface area contributed by atoms with E-state index in [1.165, 1.54) is 0 Å². The van der Waals surface area contributed by atoms with Gasteiger partial charge in [-0.2, -0.15) is 0 Å². The quantitative estimate of drug-likeness (QED) is 0.822. The van der Waals surface area contributed by atoms with Crippen LogP contribution in [0.5, 0.6) is 0 Å². The summed E-state index contributed by atoms with van der Waals surface area (Å²) in [7, 11) is 3.91. The molecule has 1 aromatic rings. The molecule has 7 nitrogen and oxygen atoms in total.